The van der Waals surface area contributed by atoms with Gasteiger partial charge in [-0.3, -0.25) is 0 Å². The van der Waals surface area contributed by atoms with E-state index >= 15 is 0 Å². The van der Waals surface area contributed by atoms with Gasteiger partial charge in [0.15, 0.2) is 0 Å². The Balaban J connectivity index is 1.39. The lowest BCUT2D eigenvalue weighted by Gasteiger charge is -2.16. The molecule has 1 aliphatic carbocycles. The standard InChI is InChI=1S/C26H26Cl2N4/c27-25-10-9-22(13-26(25)28)11-21-3-1-2-4-23(12-21)31-16-24-15-30-18-32(24)17-20-7-5-19(14-29)6-8-20/h5-10,12-13,15,18,23,31H,1-4,11,16-17H2. The molecule has 1 aliphatic rings. The summed E-state index contributed by atoms with van der Waals surface area (Å²) in [6.07, 6.45) is 11.8. The fourth-order valence-corrected chi connectivity index (χ4v) is 4.46. The van der Waals surface area contributed by atoms with Crippen LogP contribution in [0.1, 0.15) is 48.1 Å². The van der Waals surface area contributed by atoms with E-state index in [2.05, 4.69) is 33.1 Å². The summed E-state index contributed by atoms with van der Waals surface area (Å²) in [4.78, 5) is 4.35. The van der Waals surface area contributed by atoms with Crippen LogP contribution in [-0.4, -0.2) is 15.6 Å². The molecular weight excluding hydrogens is 439 g/mol. The number of aromatic nitrogens is 2. The fraction of sp³-hybridized carbons (Fsp3) is 0.308. The van der Waals surface area contributed by atoms with Gasteiger partial charge in [-0.05, 0) is 61.1 Å². The zero-order valence-corrected chi connectivity index (χ0v) is 19.4. The summed E-state index contributed by atoms with van der Waals surface area (Å²) in [6, 6.07) is 16.1. The molecule has 6 heteroatoms. The molecule has 164 valence electrons. The van der Waals surface area contributed by atoms with Gasteiger partial charge < -0.3 is 9.88 Å². The number of imidazole rings is 1. The third-order valence-corrected chi connectivity index (χ3v) is 6.63. The van der Waals surface area contributed by atoms with Crippen LogP contribution < -0.4 is 5.32 Å². The summed E-state index contributed by atoms with van der Waals surface area (Å²) in [6.45, 7) is 1.50. The average Bonchev–Trinajstić information content (AvgIpc) is 3.12. The van der Waals surface area contributed by atoms with Crippen molar-refractivity contribution in [3.05, 3.63) is 99.1 Å². The monoisotopic (exact) mass is 464 g/mol. The molecule has 0 aliphatic heterocycles. The minimum Gasteiger partial charge on any atom is -0.329 e. The Hall–Kier alpha value is -2.58. The van der Waals surface area contributed by atoms with Gasteiger partial charge in [0.1, 0.15) is 0 Å². The van der Waals surface area contributed by atoms with E-state index in [1.807, 2.05) is 48.9 Å². The zero-order chi connectivity index (χ0) is 22.3. The number of halogens is 2. The molecule has 32 heavy (non-hydrogen) atoms. The Labute approximate surface area is 199 Å². The number of nitrogens with one attached hydrogen (secondary N) is 1. The third kappa shape index (κ3) is 6.01. The van der Waals surface area contributed by atoms with Crippen LogP contribution in [0.2, 0.25) is 10.0 Å². The molecule has 4 nitrogen and oxygen atoms in total. The molecule has 1 unspecified atom stereocenters. The maximum Gasteiger partial charge on any atom is 0.0991 e. The lowest BCUT2D eigenvalue weighted by Crippen LogP contribution is -2.27. The average molecular weight is 465 g/mol. The van der Waals surface area contributed by atoms with Gasteiger partial charge in [-0.2, -0.15) is 5.26 Å². The van der Waals surface area contributed by atoms with Crippen LogP contribution in [0.4, 0.5) is 0 Å². The first-order valence-electron chi connectivity index (χ1n) is 11.0. The van der Waals surface area contributed by atoms with Crippen molar-refractivity contribution in [1.29, 1.82) is 5.26 Å². The van der Waals surface area contributed by atoms with E-state index in [0.717, 1.165) is 43.6 Å². The van der Waals surface area contributed by atoms with Crippen molar-refractivity contribution in [3.8, 4) is 6.07 Å². The van der Waals surface area contributed by atoms with E-state index in [1.165, 1.54) is 24.0 Å². The SMILES string of the molecule is N#Cc1ccc(Cn2cncc2CNC2C=C(Cc3ccc(Cl)c(Cl)c3)CCCC2)cc1. The molecule has 1 N–H and O–H groups in total. The largest absolute Gasteiger partial charge is 0.329 e. The van der Waals surface area contributed by atoms with Crippen molar-refractivity contribution in [2.45, 2.75) is 51.2 Å². The van der Waals surface area contributed by atoms with E-state index in [9.17, 15) is 0 Å². The maximum absolute atomic E-state index is 8.98. The highest BCUT2D eigenvalue weighted by Crippen LogP contribution is 2.26. The summed E-state index contributed by atoms with van der Waals surface area (Å²) >= 11 is 12.3. The number of hydrogen-bond donors (Lipinski definition) is 1. The predicted molar refractivity (Wildman–Crippen MR) is 130 cm³/mol. The van der Waals surface area contributed by atoms with Crippen molar-refractivity contribution in [1.82, 2.24) is 14.9 Å². The van der Waals surface area contributed by atoms with Crippen molar-refractivity contribution in [2.24, 2.45) is 0 Å². The Kier molecular flexibility index (Phi) is 7.65. The van der Waals surface area contributed by atoms with Gasteiger partial charge in [0.2, 0.25) is 0 Å². The number of hydrogen-bond acceptors (Lipinski definition) is 3. The molecule has 2 aromatic carbocycles. The Morgan fingerprint density at radius 2 is 1.88 bits per heavy atom. The molecule has 0 saturated carbocycles. The molecule has 1 aromatic heterocycles. The maximum atomic E-state index is 8.98. The van der Waals surface area contributed by atoms with Crippen LogP contribution in [0, 0.1) is 11.3 Å². The molecular formula is C26H26Cl2N4. The first kappa shape index (κ1) is 22.6. The van der Waals surface area contributed by atoms with Crippen LogP contribution in [0.3, 0.4) is 0 Å². The lowest BCUT2D eigenvalue weighted by molar-refractivity contribution is 0.525. The first-order chi connectivity index (χ1) is 15.6. The highest BCUT2D eigenvalue weighted by atomic mass is 35.5. The van der Waals surface area contributed by atoms with Crippen molar-refractivity contribution in [3.63, 3.8) is 0 Å². The first-order valence-corrected chi connectivity index (χ1v) is 11.7. The van der Waals surface area contributed by atoms with E-state index in [-0.39, 0.29) is 0 Å². The zero-order valence-electron chi connectivity index (χ0n) is 17.9. The molecule has 4 rings (SSSR count). The minimum absolute atomic E-state index is 0.341. The van der Waals surface area contributed by atoms with Gasteiger partial charge in [0.25, 0.3) is 0 Å². The van der Waals surface area contributed by atoms with E-state index in [0.29, 0.717) is 21.7 Å². The normalized spacial score (nSPS) is 16.3. The molecule has 1 atom stereocenters. The van der Waals surface area contributed by atoms with Gasteiger partial charge in [-0.1, -0.05) is 59.5 Å². The van der Waals surface area contributed by atoms with Gasteiger partial charge in [0.05, 0.1) is 33.7 Å². The fourth-order valence-electron chi connectivity index (χ4n) is 4.14. The number of benzene rings is 2. The molecule has 0 spiro atoms. The van der Waals surface area contributed by atoms with Crippen LogP contribution in [0.25, 0.3) is 0 Å². The second-order valence-electron chi connectivity index (χ2n) is 8.30. The van der Waals surface area contributed by atoms with Crippen LogP contribution in [-0.2, 0) is 19.5 Å². The Bertz CT molecular complexity index is 1130. The number of nitrogens with zero attached hydrogens (tertiary/aromatic N) is 3. The quantitative estimate of drug-likeness (QED) is 0.416. The topological polar surface area (TPSA) is 53.6 Å². The predicted octanol–water partition coefficient (Wildman–Crippen LogP) is 6.31. The molecule has 1 heterocycles. The highest BCUT2D eigenvalue weighted by Gasteiger charge is 2.14. The van der Waals surface area contributed by atoms with Crippen molar-refractivity contribution >= 4 is 23.2 Å². The lowest BCUT2D eigenvalue weighted by atomic mass is 10.0. The highest BCUT2D eigenvalue weighted by molar-refractivity contribution is 6.42. The Morgan fingerprint density at radius 3 is 2.66 bits per heavy atom. The van der Waals surface area contributed by atoms with E-state index < -0.39 is 0 Å². The number of rotatable bonds is 7. The second-order valence-corrected chi connectivity index (χ2v) is 9.12. The van der Waals surface area contributed by atoms with Gasteiger partial charge in [0, 0.05) is 25.3 Å². The van der Waals surface area contributed by atoms with Crippen LogP contribution in [0.5, 0.6) is 0 Å². The van der Waals surface area contributed by atoms with Gasteiger partial charge in [-0.15, -0.1) is 0 Å². The summed E-state index contributed by atoms with van der Waals surface area (Å²) in [5.41, 5.74) is 5.63. The van der Waals surface area contributed by atoms with Crippen molar-refractivity contribution in [2.75, 3.05) is 0 Å². The van der Waals surface area contributed by atoms with Crippen LogP contribution in [0.15, 0.2) is 66.6 Å². The molecule has 3 aromatic rings. The van der Waals surface area contributed by atoms with E-state index in [1.54, 1.807) is 0 Å². The number of nitriles is 1. The summed E-state index contributed by atoms with van der Waals surface area (Å²) in [7, 11) is 0. The molecule has 0 bridgehead atoms. The molecule has 0 fully saturated rings. The minimum atomic E-state index is 0.341. The molecule has 0 radical (unpaired) electrons. The van der Waals surface area contributed by atoms with Crippen molar-refractivity contribution < 1.29 is 0 Å². The Morgan fingerprint density at radius 1 is 1.06 bits per heavy atom. The summed E-state index contributed by atoms with van der Waals surface area (Å²) < 4.78 is 2.16. The van der Waals surface area contributed by atoms with E-state index in [4.69, 9.17) is 28.5 Å². The summed E-state index contributed by atoms with van der Waals surface area (Å²) in [5, 5.41) is 13.9. The second kappa shape index (κ2) is 10.8. The molecule has 0 saturated heterocycles. The summed E-state index contributed by atoms with van der Waals surface area (Å²) in [5.74, 6) is 0. The van der Waals surface area contributed by atoms with Gasteiger partial charge >= 0.3 is 0 Å². The van der Waals surface area contributed by atoms with Crippen LogP contribution >= 0.6 is 23.2 Å². The van der Waals surface area contributed by atoms with Gasteiger partial charge in [-0.25, -0.2) is 4.98 Å². The molecule has 0 amide bonds. The third-order valence-electron chi connectivity index (χ3n) is 5.89. The number of allylic oxidation sites excluding steroid dienone is 1. The smallest absolute Gasteiger partial charge is 0.0991 e.